The average Bonchev–Trinajstić information content (AvgIpc) is 2.92. The molecule has 0 aliphatic carbocycles. The first-order chi connectivity index (χ1) is 13.8. The van der Waals surface area contributed by atoms with Crippen LogP contribution in [-0.4, -0.2) is 33.1 Å². The maximum Gasteiger partial charge on any atom is 0.341 e. The number of carbonyl (C=O) groups excluding carboxylic acids is 1. The lowest BCUT2D eigenvalue weighted by molar-refractivity contribution is -0.384. The fraction of sp³-hybridized carbons (Fsp3) is 0.200. The highest BCUT2D eigenvalue weighted by atomic mass is 16.6. The Balaban J connectivity index is 2.28. The fourth-order valence-electron chi connectivity index (χ4n) is 3.35. The van der Waals surface area contributed by atoms with Crippen molar-refractivity contribution in [2.45, 2.75) is 19.9 Å². The number of ether oxygens (including phenoxy) is 1. The highest BCUT2D eigenvalue weighted by Gasteiger charge is 2.23. The molecule has 0 spiro atoms. The molecular formula is C20H19N3O6. The van der Waals surface area contributed by atoms with E-state index in [2.05, 4.69) is 0 Å². The van der Waals surface area contributed by atoms with Gasteiger partial charge in [0.05, 0.1) is 22.9 Å². The highest BCUT2D eigenvalue weighted by Crippen LogP contribution is 2.38. The summed E-state index contributed by atoms with van der Waals surface area (Å²) in [6.45, 7) is 1.52. The van der Waals surface area contributed by atoms with Crippen molar-refractivity contribution in [2.75, 3.05) is 6.61 Å². The zero-order valence-corrected chi connectivity index (χ0v) is 15.6. The van der Waals surface area contributed by atoms with Crippen molar-refractivity contribution in [3.05, 3.63) is 69.4 Å². The molecule has 1 amide bonds. The van der Waals surface area contributed by atoms with Crippen molar-refractivity contribution in [3.63, 3.8) is 0 Å². The molecule has 0 radical (unpaired) electrons. The van der Waals surface area contributed by atoms with Gasteiger partial charge in [0.15, 0.2) is 6.61 Å². The Kier molecular flexibility index (Phi) is 5.49. The summed E-state index contributed by atoms with van der Waals surface area (Å²) in [7, 11) is 0. The number of nitro benzene ring substituents is 1. The van der Waals surface area contributed by atoms with Crippen molar-refractivity contribution < 1.29 is 24.4 Å². The highest BCUT2D eigenvalue weighted by molar-refractivity contribution is 5.96. The SMILES string of the molecule is Cc1c(CC(N)=O)c2c(OCC(=O)O)cc([N+](=O)[O-])cc2n1Cc1ccccc1. The van der Waals surface area contributed by atoms with Crippen LogP contribution in [0.3, 0.4) is 0 Å². The molecule has 9 heteroatoms. The molecule has 1 aromatic heterocycles. The quantitative estimate of drug-likeness (QED) is 0.442. The van der Waals surface area contributed by atoms with E-state index in [-0.39, 0.29) is 17.9 Å². The van der Waals surface area contributed by atoms with E-state index < -0.39 is 23.4 Å². The third-order valence-corrected chi connectivity index (χ3v) is 4.60. The van der Waals surface area contributed by atoms with Crippen LogP contribution in [0.25, 0.3) is 10.9 Å². The number of amides is 1. The number of aromatic nitrogens is 1. The fourth-order valence-corrected chi connectivity index (χ4v) is 3.35. The molecule has 0 unspecified atom stereocenters. The standard InChI is InChI=1S/C20H19N3O6/c1-12-15(9-18(21)24)20-16(22(12)10-13-5-3-2-4-6-13)7-14(23(27)28)8-17(20)29-11-19(25)26/h2-8H,9-11H2,1H3,(H2,21,24)(H,25,26). The Labute approximate surface area is 165 Å². The number of hydrogen-bond donors (Lipinski definition) is 2. The summed E-state index contributed by atoms with van der Waals surface area (Å²) in [4.78, 5) is 33.5. The number of nitro groups is 1. The summed E-state index contributed by atoms with van der Waals surface area (Å²) in [6.07, 6.45) is -0.106. The van der Waals surface area contributed by atoms with Crippen LogP contribution in [0.5, 0.6) is 5.75 Å². The van der Waals surface area contributed by atoms with Crippen molar-refractivity contribution in [3.8, 4) is 5.75 Å². The van der Waals surface area contributed by atoms with Gasteiger partial charge in [-0.25, -0.2) is 4.79 Å². The molecule has 150 valence electrons. The van der Waals surface area contributed by atoms with Gasteiger partial charge in [-0.3, -0.25) is 14.9 Å². The van der Waals surface area contributed by atoms with Crippen molar-refractivity contribution >= 4 is 28.5 Å². The van der Waals surface area contributed by atoms with Gasteiger partial charge < -0.3 is 20.1 Å². The van der Waals surface area contributed by atoms with E-state index in [1.54, 1.807) is 6.92 Å². The maximum atomic E-state index is 11.7. The minimum absolute atomic E-state index is 0.0303. The van der Waals surface area contributed by atoms with Gasteiger partial charge in [-0.05, 0) is 18.1 Å². The number of carboxylic acid groups (broad SMARTS) is 1. The minimum Gasteiger partial charge on any atom is -0.481 e. The summed E-state index contributed by atoms with van der Waals surface area (Å²) >= 11 is 0. The Morgan fingerprint density at radius 2 is 1.93 bits per heavy atom. The smallest absolute Gasteiger partial charge is 0.341 e. The molecule has 3 rings (SSSR count). The number of carboxylic acids is 1. The number of carbonyl (C=O) groups is 2. The monoisotopic (exact) mass is 397 g/mol. The third kappa shape index (κ3) is 4.18. The molecule has 3 N–H and O–H groups in total. The van der Waals surface area contributed by atoms with E-state index in [1.165, 1.54) is 12.1 Å². The second-order valence-electron chi connectivity index (χ2n) is 6.56. The van der Waals surface area contributed by atoms with Gasteiger partial charge in [0.2, 0.25) is 5.91 Å². The summed E-state index contributed by atoms with van der Waals surface area (Å²) in [5, 5.41) is 20.8. The molecule has 0 bridgehead atoms. The Morgan fingerprint density at radius 1 is 1.24 bits per heavy atom. The van der Waals surface area contributed by atoms with Crippen LogP contribution in [-0.2, 0) is 22.6 Å². The van der Waals surface area contributed by atoms with Crippen LogP contribution >= 0.6 is 0 Å². The lowest BCUT2D eigenvalue weighted by Crippen LogP contribution is -2.15. The minimum atomic E-state index is -1.22. The number of fused-ring (bicyclic) bond motifs is 1. The van der Waals surface area contributed by atoms with E-state index in [4.69, 9.17) is 15.6 Å². The number of primary amides is 1. The first kappa shape index (κ1) is 19.9. The van der Waals surface area contributed by atoms with Gasteiger partial charge in [0, 0.05) is 23.7 Å². The molecule has 29 heavy (non-hydrogen) atoms. The molecular weight excluding hydrogens is 378 g/mol. The zero-order chi connectivity index (χ0) is 21.1. The number of nitrogens with zero attached hydrogens (tertiary/aromatic N) is 2. The number of hydrogen-bond acceptors (Lipinski definition) is 5. The Bertz CT molecular complexity index is 1100. The van der Waals surface area contributed by atoms with Crippen LogP contribution in [0.2, 0.25) is 0 Å². The van der Waals surface area contributed by atoms with Gasteiger partial charge in [-0.15, -0.1) is 0 Å². The Morgan fingerprint density at radius 3 is 2.52 bits per heavy atom. The van der Waals surface area contributed by atoms with E-state index in [0.29, 0.717) is 28.7 Å². The molecule has 2 aromatic carbocycles. The summed E-state index contributed by atoms with van der Waals surface area (Å²) in [5.74, 6) is -1.77. The number of benzene rings is 2. The van der Waals surface area contributed by atoms with Crippen molar-refractivity contribution in [2.24, 2.45) is 5.73 Å². The second kappa shape index (κ2) is 8.01. The summed E-state index contributed by atoms with van der Waals surface area (Å²) in [6, 6.07) is 12.0. The van der Waals surface area contributed by atoms with Crippen LogP contribution in [0.15, 0.2) is 42.5 Å². The third-order valence-electron chi connectivity index (χ3n) is 4.60. The van der Waals surface area contributed by atoms with Gasteiger partial charge >= 0.3 is 5.97 Å². The zero-order valence-electron chi connectivity index (χ0n) is 15.6. The normalized spacial score (nSPS) is 10.8. The van der Waals surface area contributed by atoms with Crippen LogP contribution in [0.4, 0.5) is 5.69 Å². The molecule has 0 aliphatic heterocycles. The largest absolute Gasteiger partial charge is 0.481 e. The molecule has 0 atom stereocenters. The maximum absolute atomic E-state index is 11.7. The summed E-state index contributed by atoms with van der Waals surface area (Å²) < 4.78 is 7.18. The number of non-ortho nitro benzene ring substituents is 1. The first-order valence-corrected chi connectivity index (χ1v) is 8.75. The Hall–Kier alpha value is -3.88. The molecule has 0 saturated carbocycles. The average molecular weight is 397 g/mol. The van der Waals surface area contributed by atoms with Gasteiger partial charge in [-0.1, -0.05) is 30.3 Å². The molecule has 1 heterocycles. The van der Waals surface area contributed by atoms with E-state index >= 15 is 0 Å². The van der Waals surface area contributed by atoms with Crippen molar-refractivity contribution in [1.29, 1.82) is 0 Å². The summed E-state index contributed by atoms with van der Waals surface area (Å²) in [5.41, 5.74) is 7.84. The number of rotatable bonds is 8. The van der Waals surface area contributed by atoms with E-state index in [0.717, 1.165) is 5.56 Å². The topological polar surface area (TPSA) is 138 Å². The van der Waals surface area contributed by atoms with E-state index in [9.17, 15) is 19.7 Å². The molecule has 0 aliphatic rings. The predicted molar refractivity (Wildman–Crippen MR) is 105 cm³/mol. The van der Waals surface area contributed by atoms with E-state index in [1.807, 2.05) is 34.9 Å². The second-order valence-corrected chi connectivity index (χ2v) is 6.56. The lowest BCUT2D eigenvalue weighted by Gasteiger charge is -2.10. The first-order valence-electron chi connectivity index (χ1n) is 8.75. The van der Waals surface area contributed by atoms with Crippen LogP contribution < -0.4 is 10.5 Å². The lowest BCUT2D eigenvalue weighted by atomic mass is 10.1. The molecule has 9 nitrogen and oxygen atoms in total. The predicted octanol–water partition coefficient (Wildman–Crippen LogP) is 2.40. The van der Waals surface area contributed by atoms with Gasteiger partial charge in [-0.2, -0.15) is 0 Å². The number of nitrogens with two attached hydrogens (primary N) is 1. The molecule has 3 aromatic rings. The van der Waals surface area contributed by atoms with Crippen molar-refractivity contribution in [1.82, 2.24) is 4.57 Å². The van der Waals surface area contributed by atoms with Gasteiger partial charge in [0.1, 0.15) is 5.75 Å². The van der Waals surface area contributed by atoms with Crippen LogP contribution in [0.1, 0.15) is 16.8 Å². The molecule has 0 fully saturated rings. The van der Waals surface area contributed by atoms with Gasteiger partial charge in [0.25, 0.3) is 5.69 Å². The molecule has 0 saturated heterocycles. The number of aliphatic carboxylic acids is 1. The van der Waals surface area contributed by atoms with Crippen LogP contribution in [0, 0.1) is 17.0 Å².